The molecule has 1 atom stereocenters. The van der Waals surface area contributed by atoms with Crippen LogP contribution in [0.15, 0.2) is 68.6 Å². The Balaban J connectivity index is 1.74. The number of benzene rings is 2. The lowest BCUT2D eigenvalue weighted by molar-refractivity contribution is 0.207. The van der Waals surface area contributed by atoms with Gasteiger partial charge in [-0.05, 0) is 47.7 Å². The minimum atomic E-state index is -0.566. The van der Waals surface area contributed by atoms with Gasteiger partial charge in [0.2, 0.25) is 5.71 Å². The maximum Gasteiger partial charge on any atom is 0.337 e. The molecular formula is C24H19N3O4. The van der Waals surface area contributed by atoms with E-state index in [1.165, 1.54) is 6.07 Å². The molecule has 0 radical (unpaired) electrons. The van der Waals surface area contributed by atoms with Gasteiger partial charge in [-0.2, -0.15) is 10.2 Å². The first kappa shape index (κ1) is 20.1. The van der Waals surface area contributed by atoms with Gasteiger partial charge in [0.25, 0.3) is 11.6 Å². The number of fused-ring (bicyclic) bond motifs is 1. The van der Waals surface area contributed by atoms with E-state index in [1.54, 1.807) is 6.07 Å². The molecule has 0 amide bonds. The van der Waals surface area contributed by atoms with Crippen LogP contribution >= 0.6 is 0 Å². The second-order valence-electron chi connectivity index (χ2n) is 7.04. The zero-order valence-corrected chi connectivity index (χ0v) is 17.0. The number of nitrogens with zero attached hydrogens (tertiary/aromatic N) is 2. The molecule has 4 rings (SSSR count). The molecule has 7 heteroatoms. The molecule has 0 spiro atoms. The molecule has 0 saturated heterocycles. The van der Waals surface area contributed by atoms with Gasteiger partial charge in [0.05, 0.1) is 11.6 Å². The Morgan fingerprint density at radius 3 is 2.74 bits per heavy atom. The van der Waals surface area contributed by atoms with E-state index >= 15 is 0 Å². The van der Waals surface area contributed by atoms with Crippen molar-refractivity contribution in [1.82, 2.24) is 9.97 Å². The van der Waals surface area contributed by atoms with E-state index in [-0.39, 0.29) is 17.1 Å². The number of rotatable bonds is 5. The monoisotopic (exact) mass is 413 g/mol. The number of nitrogens with one attached hydrogen (secondary N) is 1. The number of aromatic amines is 1. The van der Waals surface area contributed by atoms with Gasteiger partial charge in [-0.15, -0.1) is 0 Å². The van der Waals surface area contributed by atoms with Gasteiger partial charge < -0.3 is 9.15 Å². The first-order valence-corrected chi connectivity index (χ1v) is 9.83. The molecule has 7 nitrogen and oxygen atoms in total. The molecule has 154 valence electrons. The summed E-state index contributed by atoms with van der Waals surface area (Å²) in [5, 5.41) is 9.45. The smallest absolute Gasteiger partial charge is 0.337 e. The van der Waals surface area contributed by atoms with Crippen LogP contribution in [0.25, 0.3) is 22.2 Å². The number of hydrogen-bond acceptors (Lipinski definition) is 6. The van der Waals surface area contributed by atoms with Crippen molar-refractivity contribution in [1.29, 1.82) is 5.26 Å². The molecule has 0 aliphatic carbocycles. The van der Waals surface area contributed by atoms with E-state index in [2.05, 4.69) is 16.0 Å². The molecular weight excluding hydrogens is 394 g/mol. The van der Waals surface area contributed by atoms with Gasteiger partial charge >= 0.3 is 5.63 Å². The summed E-state index contributed by atoms with van der Waals surface area (Å²) in [7, 11) is 0. The molecule has 1 unspecified atom stereocenters. The Bertz CT molecular complexity index is 1430. The van der Waals surface area contributed by atoms with Gasteiger partial charge in [-0.3, -0.25) is 9.78 Å². The third-order valence-corrected chi connectivity index (χ3v) is 5.05. The van der Waals surface area contributed by atoms with Gasteiger partial charge in [0.15, 0.2) is 0 Å². The van der Waals surface area contributed by atoms with E-state index in [4.69, 9.17) is 9.15 Å². The predicted octanol–water partition coefficient (Wildman–Crippen LogP) is 4.12. The van der Waals surface area contributed by atoms with Crippen molar-refractivity contribution in [2.75, 3.05) is 0 Å². The van der Waals surface area contributed by atoms with Crippen molar-refractivity contribution < 1.29 is 9.15 Å². The number of nitriles is 1. The molecule has 2 aromatic heterocycles. The van der Waals surface area contributed by atoms with E-state index < -0.39 is 17.3 Å². The van der Waals surface area contributed by atoms with Gasteiger partial charge in [0, 0.05) is 6.07 Å². The second-order valence-corrected chi connectivity index (χ2v) is 7.04. The second kappa shape index (κ2) is 8.28. The highest BCUT2D eigenvalue weighted by Gasteiger charge is 2.17. The predicted molar refractivity (Wildman–Crippen MR) is 116 cm³/mol. The molecule has 0 aliphatic rings. The molecule has 0 aliphatic heterocycles. The number of aryl methyl sites for hydroxylation is 1. The van der Waals surface area contributed by atoms with Gasteiger partial charge in [-0.25, -0.2) is 4.79 Å². The van der Waals surface area contributed by atoms with Gasteiger partial charge in [-0.1, -0.05) is 43.3 Å². The van der Waals surface area contributed by atoms with Crippen LogP contribution in [0.5, 0.6) is 6.01 Å². The van der Waals surface area contributed by atoms with Crippen molar-refractivity contribution in [3.63, 3.8) is 0 Å². The molecule has 2 heterocycles. The Hall–Kier alpha value is -4.18. The Morgan fingerprint density at radius 2 is 1.97 bits per heavy atom. The number of H-pyrrole nitrogens is 1. The quantitative estimate of drug-likeness (QED) is 0.527. The van der Waals surface area contributed by atoms with Crippen LogP contribution in [0.2, 0.25) is 0 Å². The van der Waals surface area contributed by atoms with Crippen molar-refractivity contribution >= 4 is 11.1 Å². The molecule has 31 heavy (non-hydrogen) atoms. The topological polar surface area (TPSA) is 109 Å². The summed E-state index contributed by atoms with van der Waals surface area (Å²) in [5.74, 6) is 0. The summed E-state index contributed by atoms with van der Waals surface area (Å²) in [6, 6.07) is 18.3. The highest BCUT2D eigenvalue weighted by molar-refractivity contribution is 5.75. The van der Waals surface area contributed by atoms with Crippen LogP contribution in [0.3, 0.4) is 0 Å². The number of ether oxygens (including phenoxy) is 1. The molecule has 0 saturated carbocycles. The van der Waals surface area contributed by atoms with Crippen molar-refractivity contribution in [2.24, 2.45) is 0 Å². The zero-order chi connectivity index (χ0) is 22.0. The fourth-order valence-electron chi connectivity index (χ4n) is 3.57. The summed E-state index contributed by atoms with van der Waals surface area (Å²) >= 11 is 0. The third kappa shape index (κ3) is 3.96. The normalized spacial score (nSPS) is 11.8. The summed E-state index contributed by atoms with van der Waals surface area (Å²) in [6.45, 7) is 3.67. The summed E-state index contributed by atoms with van der Waals surface area (Å²) in [5.41, 5.74) is 2.71. The fraction of sp³-hybridized carbons (Fsp3) is 0.167. The Kier molecular flexibility index (Phi) is 5.37. The highest BCUT2D eigenvalue weighted by atomic mass is 16.5. The molecule has 0 bridgehead atoms. The van der Waals surface area contributed by atoms with Crippen molar-refractivity contribution in [2.45, 2.75) is 26.4 Å². The fourth-order valence-corrected chi connectivity index (χ4v) is 3.57. The number of aromatic nitrogens is 2. The van der Waals surface area contributed by atoms with Crippen LogP contribution in [0, 0.1) is 11.3 Å². The molecule has 4 aromatic rings. The largest absolute Gasteiger partial charge is 0.457 e. The van der Waals surface area contributed by atoms with E-state index in [9.17, 15) is 14.9 Å². The molecule has 0 fully saturated rings. The lowest BCUT2D eigenvalue weighted by Crippen LogP contribution is -2.16. The Labute approximate surface area is 177 Å². The molecule has 2 aromatic carbocycles. The minimum Gasteiger partial charge on any atom is -0.457 e. The van der Waals surface area contributed by atoms with Crippen LogP contribution < -0.4 is 15.9 Å². The lowest BCUT2D eigenvalue weighted by atomic mass is 9.96. The van der Waals surface area contributed by atoms with E-state index in [1.807, 2.05) is 56.3 Å². The first-order valence-electron chi connectivity index (χ1n) is 9.83. The van der Waals surface area contributed by atoms with Crippen LogP contribution in [0.1, 0.15) is 36.6 Å². The standard InChI is InChI=1S/C24H19N3O4/c1-3-16-12-20(28)31-23-21(16)22(29)26-24(27-23)30-14(2)18-9-4-5-10-19(18)17-8-6-7-15(11-17)13-25/h4-12,14H,3H2,1-2H3,(H,26,27,29). The summed E-state index contributed by atoms with van der Waals surface area (Å²) < 4.78 is 11.1. The van der Waals surface area contributed by atoms with Crippen LogP contribution in [-0.4, -0.2) is 9.97 Å². The first-order chi connectivity index (χ1) is 15.0. The lowest BCUT2D eigenvalue weighted by Gasteiger charge is -2.18. The van der Waals surface area contributed by atoms with Crippen molar-refractivity contribution in [3.8, 4) is 23.2 Å². The van der Waals surface area contributed by atoms with E-state index in [0.29, 0.717) is 17.5 Å². The van der Waals surface area contributed by atoms with Crippen LogP contribution in [0.4, 0.5) is 0 Å². The average Bonchev–Trinajstić information content (AvgIpc) is 2.78. The maximum atomic E-state index is 12.6. The highest BCUT2D eigenvalue weighted by Crippen LogP contribution is 2.30. The number of hydrogen-bond donors (Lipinski definition) is 1. The summed E-state index contributed by atoms with van der Waals surface area (Å²) in [4.78, 5) is 31.2. The van der Waals surface area contributed by atoms with E-state index in [0.717, 1.165) is 16.7 Å². The third-order valence-electron chi connectivity index (χ3n) is 5.05. The SMILES string of the molecule is CCc1cc(=O)oc2nc(OC(C)c3ccccc3-c3cccc(C#N)c3)[nH]c(=O)c12. The van der Waals surface area contributed by atoms with Crippen molar-refractivity contribution in [3.05, 3.63) is 92.1 Å². The summed E-state index contributed by atoms with van der Waals surface area (Å²) in [6.07, 6.45) is 0.0159. The Morgan fingerprint density at radius 1 is 1.16 bits per heavy atom. The minimum absolute atomic E-state index is 0.0398. The van der Waals surface area contributed by atoms with Crippen LogP contribution in [-0.2, 0) is 6.42 Å². The molecule has 1 N–H and O–H groups in total. The zero-order valence-electron chi connectivity index (χ0n) is 17.0. The van der Waals surface area contributed by atoms with Gasteiger partial charge in [0.1, 0.15) is 11.5 Å². The average molecular weight is 413 g/mol. The maximum absolute atomic E-state index is 12.6.